The maximum absolute atomic E-state index is 11.7. The lowest BCUT2D eigenvalue weighted by atomic mass is 10.0. The Bertz CT molecular complexity index is 947. The van der Waals surface area contributed by atoms with Gasteiger partial charge in [0.2, 0.25) is 5.01 Å². The third-order valence-electron chi connectivity index (χ3n) is 3.90. The van der Waals surface area contributed by atoms with Gasteiger partial charge in [0, 0.05) is 18.2 Å². The molecule has 0 fully saturated rings. The number of aromatic nitrogens is 1. The van der Waals surface area contributed by atoms with Crippen LogP contribution in [0, 0.1) is 5.41 Å². The Morgan fingerprint density at radius 1 is 1.08 bits per heavy atom. The number of nitrogen functional groups attached to an aromatic ring is 1. The van der Waals surface area contributed by atoms with Gasteiger partial charge in [0.25, 0.3) is 0 Å². The number of esters is 1. The largest absolute Gasteiger partial charge is 0.464 e. The molecule has 0 radical (unpaired) electrons. The van der Waals surface area contributed by atoms with Gasteiger partial charge in [-0.25, -0.2) is 9.78 Å². The van der Waals surface area contributed by atoms with E-state index in [1.165, 1.54) is 18.4 Å². The van der Waals surface area contributed by atoms with Gasteiger partial charge in [0.15, 0.2) is 0 Å². The van der Waals surface area contributed by atoms with E-state index in [2.05, 4.69) is 10.3 Å². The summed E-state index contributed by atoms with van der Waals surface area (Å²) < 4.78 is 4.75. The molecule has 0 atom stereocenters. The fourth-order valence-corrected chi connectivity index (χ4v) is 3.38. The molecule has 0 aliphatic carbocycles. The van der Waals surface area contributed by atoms with Crippen LogP contribution in [0.2, 0.25) is 0 Å². The van der Waals surface area contributed by atoms with Crippen molar-refractivity contribution in [2.45, 2.75) is 0 Å². The van der Waals surface area contributed by atoms with Crippen molar-refractivity contribution in [3.05, 3.63) is 59.1 Å². The molecule has 3 rings (SSSR count). The number of hydrogen-bond acceptors (Lipinski definition) is 6. The highest BCUT2D eigenvalue weighted by Gasteiger charge is 2.17. The number of anilines is 1. The molecule has 3 aromatic rings. The first-order valence-electron chi connectivity index (χ1n) is 7.85. The predicted molar refractivity (Wildman–Crippen MR) is 105 cm³/mol. The van der Waals surface area contributed by atoms with Gasteiger partial charge >= 0.3 is 5.97 Å². The van der Waals surface area contributed by atoms with Crippen molar-refractivity contribution >= 4 is 28.1 Å². The van der Waals surface area contributed by atoms with E-state index in [0.29, 0.717) is 10.6 Å². The van der Waals surface area contributed by atoms with Crippen molar-refractivity contribution in [2.75, 3.05) is 19.5 Å². The molecule has 0 bridgehead atoms. The van der Waals surface area contributed by atoms with E-state index in [4.69, 9.17) is 15.9 Å². The van der Waals surface area contributed by atoms with Crippen LogP contribution < -0.4 is 11.1 Å². The maximum atomic E-state index is 11.7. The molecule has 132 valence electrons. The normalized spacial score (nSPS) is 10.4. The number of nitrogens with one attached hydrogen (secondary N) is 2. The highest BCUT2D eigenvalue weighted by atomic mass is 32.1. The molecule has 1 aromatic heterocycles. The lowest BCUT2D eigenvalue weighted by molar-refractivity contribution is 0.0600. The summed E-state index contributed by atoms with van der Waals surface area (Å²) in [5, 5.41) is 11.6. The minimum Gasteiger partial charge on any atom is -0.464 e. The summed E-state index contributed by atoms with van der Waals surface area (Å²) in [5.41, 5.74) is 9.88. The molecule has 0 unspecified atom stereocenters. The fraction of sp³-hybridized carbons (Fsp3) is 0.105. The van der Waals surface area contributed by atoms with Crippen LogP contribution in [-0.4, -0.2) is 30.9 Å². The van der Waals surface area contributed by atoms with E-state index in [-0.39, 0.29) is 5.84 Å². The van der Waals surface area contributed by atoms with E-state index < -0.39 is 5.97 Å². The zero-order valence-electron chi connectivity index (χ0n) is 14.4. The Kier molecular flexibility index (Phi) is 4.99. The summed E-state index contributed by atoms with van der Waals surface area (Å²) in [6.45, 7) is 0. The van der Waals surface area contributed by atoms with Gasteiger partial charge in [-0.2, -0.15) is 0 Å². The summed E-state index contributed by atoms with van der Waals surface area (Å²) in [7, 11) is 3.14. The van der Waals surface area contributed by atoms with E-state index in [1.807, 2.05) is 48.5 Å². The number of methoxy groups -OCH3 is 1. The van der Waals surface area contributed by atoms with Crippen LogP contribution in [0.25, 0.3) is 22.4 Å². The van der Waals surface area contributed by atoms with Gasteiger partial charge in [-0.15, -0.1) is 0 Å². The van der Waals surface area contributed by atoms with E-state index >= 15 is 0 Å². The number of ether oxygens (including phenoxy) is 1. The third-order valence-corrected chi connectivity index (χ3v) is 4.95. The van der Waals surface area contributed by atoms with Gasteiger partial charge in [-0.05, 0) is 11.1 Å². The second kappa shape index (κ2) is 7.37. The highest BCUT2D eigenvalue weighted by Crippen LogP contribution is 2.34. The molecule has 26 heavy (non-hydrogen) atoms. The van der Waals surface area contributed by atoms with Crippen LogP contribution in [0.4, 0.5) is 5.00 Å². The fourth-order valence-electron chi connectivity index (χ4n) is 2.52. The van der Waals surface area contributed by atoms with Crippen molar-refractivity contribution < 1.29 is 9.53 Å². The van der Waals surface area contributed by atoms with Gasteiger partial charge in [-0.1, -0.05) is 59.9 Å². The van der Waals surface area contributed by atoms with Crippen LogP contribution in [-0.2, 0) is 4.74 Å². The zero-order valence-corrected chi connectivity index (χ0v) is 15.2. The van der Waals surface area contributed by atoms with Crippen molar-refractivity contribution in [3.63, 3.8) is 0 Å². The maximum Gasteiger partial charge on any atom is 0.367 e. The second-order valence-electron chi connectivity index (χ2n) is 5.51. The Morgan fingerprint density at radius 3 is 2.12 bits per heavy atom. The summed E-state index contributed by atoms with van der Waals surface area (Å²) in [6, 6.07) is 15.4. The first-order chi connectivity index (χ1) is 12.5. The number of carbonyl (C=O) groups excluding carboxylic acids is 1. The van der Waals surface area contributed by atoms with Crippen LogP contribution in [0.15, 0.2) is 48.5 Å². The molecule has 0 saturated heterocycles. The first kappa shape index (κ1) is 17.6. The summed E-state index contributed by atoms with van der Waals surface area (Å²) >= 11 is 1.26. The number of benzene rings is 2. The SMILES string of the molecule is CNc1sc(C(=O)OC)nc1-c1ccc(-c2ccc(C(=N)N)cc2)cc1. The molecule has 1 heterocycles. The number of nitrogens with zero attached hydrogens (tertiary/aromatic N) is 1. The predicted octanol–water partition coefficient (Wildman–Crippen LogP) is 3.59. The molecule has 0 amide bonds. The highest BCUT2D eigenvalue weighted by molar-refractivity contribution is 7.18. The molecule has 0 saturated carbocycles. The average molecular weight is 366 g/mol. The monoisotopic (exact) mass is 366 g/mol. The third kappa shape index (κ3) is 3.43. The Labute approximate surface area is 155 Å². The molecule has 4 N–H and O–H groups in total. The minimum absolute atomic E-state index is 0.0523. The lowest BCUT2D eigenvalue weighted by Gasteiger charge is -2.06. The van der Waals surface area contributed by atoms with E-state index in [0.717, 1.165) is 27.4 Å². The van der Waals surface area contributed by atoms with Crippen LogP contribution in [0.5, 0.6) is 0 Å². The molecule has 0 aliphatic rings. The lowest BCUT2D eigenvalue weighted by Crippen LogP contribution is -2.10. The molecule has 0 spiro atoms. The number of rotatable bonds is 5. The van der Waals surface area contributed by atoms with Crippen LogP contribution >= 0.6 is 11.3 Å². The Balaban J connectivity index is 1.91. The van der Waals surface area contributed by atoms with Gasteiger partial charge in [-0.3, -0.25) is 5.41 Å². The van der Waals surface area contributed by atoms with Crippen molar-refractivity contribution in [1.29, 1.82) is 5.41 Å². The number of thiazole rings is 1. The first-order valence-corrected chi connectivity index (χ1v) is 8.67. The van der Waals surface area contributed by atoms with Gasteiger partial charge in [0.1, 0.15) is 16.5 Å². The zero-order chi connectivity index (χ0) is 18.7. The van der Waals surface area contributed by atoms with Crippen molar-refractivity contribution in [1.82, 2.24) is 4.98 Å². The van der Waals surface area contributed by atoms with Gasteiger partial charge < -0.3 is 15.8 Å². The second-order valence-corrected chi connectivity index (χ2v) is 6.51. The molecular weight excluding hydrogens is 348 g/mol. The number of carbonyl (C=O) groups is 1. The Hall–Kier alpha value is -3.19. The quantitative estimate of drug-likeness (QED) is 0.364. The summed E-state index contributed by atoms with van der Waals surface area (Å²) in [6.07, 6.45) is 0. The average Bonchev–Trinajstić information content (AvgIpc) is 3.12. The molecule has 2 aromatic carbocycles. The smallest absolute Gasteiger partial charge is 0.367 e. The topological polar surface area (TPSA) is 101 Å². The number of amidine groups is 1. The van der Waals surface area contributed by atoms with Crippen LogP contribution in [0.3, 0.4) is 0 Å². The molecule has 6 nitrogen and oxygen atoms in total. The minimum atomic E-state index is -0.445. The number of hydrogen-bond donors (Lipinski definition) is 3. The summed E-state index contributed by atoms with van der Waals surface area (Å²) in [5.74, 6) is -0.392. The standard InChI is InChI=1S/C19H18N4O2S/c1-22-17-15(23-18(26-17)19(24)25-2)13-7-3-11(4-8-13)12-5-9-14(10-6-12)16(20)21/h3-10,22H,1-2H3,(H3,20,21). The van der Waals surface area contributed by atoms with Crippen molar-refractivity contribution in [2.24, 2.45) is 5.73 Å². The van der Waals surface area contributed by atoms with Crippen molar-refractivity contribution in [3.8, 4) is 22.4 Å². The number of nitrogens with two attached hydrogens (primary N) is 1. The molecule has 7 heteroatoms. The van der Waals surface area contributed by atoms with Gasteiger partial charge in [0.05, 0.1) is 7.11 Å². The molecular formula is C19H18N4O2S. The van der Waals surface area contributed by atoms with Crippen LogP contribution in [0.1, 0.15) is 15.4 Å². The molecule has 0 aliphatic heterocycles. The Morgan fingerprint density at radius 2 is 1.62 bits per heavy atom. The van der Waals surface area contributed by atoms with E-state index in [9.17, 15) is 4.79 Å². The van der Waals surface area contributed by atoms with E-state index in [1.54, 1.807) is 7.05 Å². The summed E-state index contributed by atoms with van der Waals surface area (Å²) in [4.78, 5) is 16.1.